The molecule has 0 radical (unpaired) electrons. The molecule has 0 aromatic carbocycles. The normalized spacial score (nSPS) is 21.4. The summed E-state index contributed by atoms with van der Waals surface area (Å²) >= 11 is 0. The predicted molar refractivity (Wildman–Crippen MR) is 98.7 cm³/mol. The monoisotopic (exact) mass is 410 g/mol. The van der Waals surface area contributed by atoms with Crippen LogP contribution in [-0.4, -0.2) is 62.3 Å². The maximum Gasteiger partial charge on any atom is 0.191 e. The van der Waals surface area contributed by atoms with Crippen LogP contribution in [0.15, 0.2) is 4.99 Å². The molecule has 0 unspecified atom stereocenters. The first-order valence-electron chi connectivity index (χ1n) is 8.16. The van der Waals surface area contributed by atoms with Crippen LogP contribution in [0.4, 0.5) is 0 Å². The van der Waals surface area contributed by atoms with Crippen LogP contribution >= 0.6 is 24.0 Å². The lowest BCUT2D eigenvalue weighted by Crippen LogP contribution is -2.54. The molecule has 6 heteroatoms. The summed E-state index contributed by atoms with van der Waals surface area (Å²) in [6, 6.07) is 0. The molecular weight excluding hydrogens is 379 g/mol. The minimum atomic E-state index is 0. The summed E-state index contributed by atoms with van der Waals surface area (Å²) < 4.78 is 5.58. The Morgan fingerprint density at radius 2 is 1.67 bits per heavy atom. The van der Waals surface area contributed by atoms with Gasteiger partial charge in [0.1, 0.15) is 0 Å². The fourth-order valence-electron chi connectivity index (χ4n) is 3.25. The van der Waals surface area contributed by atoms with Gasteiger partial charge in [0.25, 0.3) is 0 Å². The minimum absolute atomic E-state index is 0. The first-order valence-corrected chi connectivity index (χ1v) is 8.16. The van der Waals surface area contributed by atoms with Gasteiger partial charge in [-0.15, -0.1) is 24.0 Å². The summed E-state index contributed by atoms with van der Waals surface area (Å²) in [6.45, 7) is 11.1. The number of aliphatic imine (C=N–C) groups is 1. The predicted octanol–water partition coefficient (Wildman–Crippen LogP) is 1.82. The highest BCUT2D eigenvalue weighted by molar-refractivity contribution is 14.0. The lowest BCUT2D eigenvalue weighted by atomic mass is 9.88. The van der Waals surface area contributed by atoms with Crippen molar-refractivity contribution >= 4 is 29.9 Å². The van der Waals surface area contributed by atoms with E-state index in [1.807, 2.05) is 0 Å². The molecule has 0 bridgehead atoms. The smallest absolute Gasteiger partial charge is 0.191 e. The van der Waals surface area contributed by atoms with Gasteiger partial charge < -0.3 is 15.4 Å². The number of nitrogens with one attached hydrogen (secondary N) is 2. The topological polar surface area (TPSA) is 48.9 Å². The number of hydrogen-bond acceptors (Lipinski definition) is 3. The molecule has 0 aliphatic carbocycles. The summed E-state index contributed by atoms with van der Waals surface area (Å²) in [7, 11) is 0. The first kappa shape index (κ1) is 19.0. The fourth-order valence-corrected chi connectivity index (χ4v) is 3.25. The van der Waals surface area contributed by atoms with Crippen LogP contribution in [0.3, 0.4) is 0 Å². The zero-order valence-corrected chi connectivity index (χ0v) is 15.8. The summed E-state index contributed by atoms with van der Waals surface area (Å²) in [5.41, 5.74) is 0.227. The van der Waals surface area contributed by atoms with Crippen molar-refractivity contribution in [2.24, 2.45) is 4.99 Å². The van der Waals surface area contributed by atoms with Crippen LogP contribution < -0.4 is 10.6 Å². The molecule has 0 spiro atoms. The van der Waals surface area contributed by atoms with Crippen LogP contribution in [-0.2, 0) is 4.74 Å². The van der Waals surface area contributed by atoms with Gasteiger partial charge in [0.2, 0.25) is 0 Å². The van der Waals surface area contributed by atoms with Crippen molar-refractivity contribution in [3.05, 3.63) is 0 Å². The highest BCUT2D eigenvalue weighted by Gasteiger charge is 2.39. The van der Waals surface area contributed by atoms with Gasteiger partial charge >= 0.3 is 0 Å². The van der Waals surface area contributed by atoms with Gasteiger partial charge in [-0.05, 0) is 52.6 Å². The Morgan fingerprint density at radius 3 is 2.19 bits per heavy atom. The highest BCUT2D eigenvalue weighted by atomic mass is 127. The van der Waals surface area contributed by atoms with Crippen molar-refractivity contribution in [2.45, 2.75) is 45.1 Å². The first-order chi connectivity index (χ1) is 9.80. The Balaban J connectivity index is 0.00000220. The lowest BCUT2D eigenvalue weighted by Gasteiger charge is -2.43. The molecule has 2 aliphatic rings. The lowest BCUT2D eigenvalue weighted by molar-refractivity contribution is -0.0139. The summed E-state index contributed by atoms with van der Waals surface area (Å²) in [6.07, 6.45) is 4.89. The third-order valence-electron chi connectivity index (χ3n) is 4.42. The molecule has 2 saturated heterocycles. The Kier molecular flexibility index (Phi) is 8.89. The average Bonchev–Trinajstić information content (AvgIpc) is 3.01. The number of rotatable bonds is 5. The van der Waals surface area contributed by atoms with E-state index in [4.69, 9.17) is 9.73 Å². The third kappa shape index (κ3) is 5.25. The number of nitrogens with zero attached hydrogens (tertiary/aromatic N) is 2. The van der Waals surface area contributed by atoms with E-state index in [-0.39, 0.29) is 29.5 Å². The van der Waals surface area contributed by atoms with E-state index in [1.54, 1.807) is 0 Å². The van der Waals surface area contributed by atoms with Gasteiger partial charge in [0.15, 0.2) is 5.96 Å². The Labute approximate surface area is 146 Å². The highest BCUT2D eigenvalue weighted by Crippen LogP contribution is 2.31. The SMILES string of the molecule is CCNC(=NCC1(N2CCCC2)CCOCC1)NCC.I. The summed E-state index contributed by atoms with van der Waals surface area (Å²) in [5, 5.41) is 6.64. The standard InChI is InChI=1S/C15H30N4O.HI/c1-3-16-14(17-4-2)18-13-15(7-11-20-12-8-15)19-9-5-6-10-19;/h3-13H2,1-2H3,(H2,16,17,18);1H. The van der Waals surface area contributed by atoms with Crippen molar-refractivity contribution in [1.29, 1.82) is 0 Å². The molecule has 0 aromatic heterocycles. The van der Waals surface area contributed by atoms with Crippen LogP contribution in [0.1, 0.15) is 39.5 Å². The number of guanidine groups is 1. The van der Waals surface area contributed by atoms with Gasteiger partial charge in [-0.25, -0.2) is 0 Å². The second kappa shape index (κ2) is 9.84. The summed E-state index contributed by atoms with van der Waals surface area (Å²) in [5.74, 6) is 0.945. The van der Waals surface area contributed by atoms with Crippen molar-refractivity contribution in [3.63, 3.8) is 0 Å². The molecule has 2 aliphatic heterocycles. The number of hydrogen-bond donors (Lipinski definition) is 2. The molecule has 2 heterocycles. The second-order valence-corrected chi connectivity index (χ2v) is 5.76. The molecule has 0 atom stereocenters. The molecule has 124 valence electrons. The van der Waals surface area contributed by atoms with Gasteiger partial charge in [0.05, 0.1) is 6.54 Å². The summed E-state index contributed by atoms with van der Waals surface area (Å²) in [4.78, 5) is 7.50. The van der Waals surface area contributed by atoms with Crippen LogP contribution in [0.25, 0.3) is 0 Å². The van der Waals surface area contributed by atoms with E-state index < -0.39 is 0 Å². The van der Waals surface area contributed by atoms with Crippen LogP contribution in [0, 0.1) is 0 Å². The van der Waals surface area contributed by atoms with E-state index in [2.05, 4.69) is 29.4 Å². The van der Waals surface area contributed by atoms with Gasteiger partial charge in [-0.1, -0.05) is 0 Å². The molecule has 2 rings (SSSR count). The largest absolute Gasteiger partial charge is 0.381 e. The maximum absolute atomic E-state index is 5.58. The van der Waals surface area contributed by atoms with Gasteiger partial charge in [-0.2, -0.15) is 0 Å². The van der Waals surface area contributed by atoms with Crippen LogP contribution in [0.2, 0.25) is 0 Å². The van der Waals surface area contributed by atoms with Crippen molar-refractivity contribution < 1.29 is 4.74 Å². The number of ether oxygens (including phenoxy) is 1. The molecular formula is C15H31IN4O. The quantitative estimate of drug-likeness (QED) is 0.413. The third-order valence-corrected chi connectivity index (χ3v) is 4.42. The van der Waals surface area contributed by atoms with E-state index >= 15 is 0 Å². The Bertz CT molecular complexity index is 305. The van der Waals surface area contributed by atoms with E-state index in [9.17, 15) is 0 Å². The van der Waals surface area contributed by atoms with Crippen LogP contribution in [0.5, 0.6) is 0 Å². The molecule has 21 heavy (non-hydrogen) atoms. The molecule has 5 nitrogen and oxygen atoms in total. The molecule has 0 amide bonds. The number of halogens is 1. The zero-order valence-electron chi connectivity index (χ0n) is 13.5. The Hall–Kier alpha value is -0.0800. The van der Waals surface area contributed by atoms with Crippen molar-refractivity contribution in [3.8, 4) is 0 Å². The average molecular weight is 410 g/mol. The maximum atomic E-state index is 5.58. The molecule has 0 saturated carbocycles. The number of likely N-dealkylation sites (tertiary alicyclic amines) is 1. The minimum Gasteiger partial charge on any atom is -0.381 e. The van der Waals surface area contributed by atoms with E-state index in [1.165, 1.54) is 25.9 Å². The van der Waals surface area contributed by atoms with E-state index in [0.29, 0.717) is 0 Å². The molecule has 0 aromatic rings. The zero-order chi connectivity index (χ0) is 14.3. The van der Waals surface area contributed by atoms with E-state index in [0.717, 1.165) is 51.6 Å². The van der Waals surface area contributed by atoms with Gasteiger partial charge in [0, 0.05) is 31.8 Å². The van der Waals surface area contributed by atoms with Gasteiger partial charge in [-0.3, -0.25) is 9.89 Å². The van der Waals surface area contributed by atoms with Crippen molar-refractivity contribution in [2.75, 3.05) is 45.9 Å². The Morgan fingerprint density at radius 1 is 1.10 bits per heavy atom. The second-order valence-electron chi connectivity index (χ2n) is 5.76. The molecule has 2 fully saturated rings. The fraction of sp³-hybridized carbons (Fsp3) is 0.933. The van der Waals surface area contributed by atoms with Crippen molar-refractivity contribution in [1.82, 2.24) is 15.5 Å². The molecule has 2 N–H and O–H groups in total.